The summed E-state index contributed by atoms with van der Waals surface area (Å²) in [4.78, 5) is 28.2. The Balaban J connectivity index is 1.41. The lowest BCUT2D eigenvalue weighted by Crippen LogP contribution is -3.15. The van der Waals surface area contributed by atoms with Crippen LogP contribution in [0.3, 0.4) is 0 Å². The zero-order valence-electron chi connectivity index (χ0n) is 18.2. The lowest BCUT2D eigenvalue weighted by atomic mass is 10.1. The molecule has 1 aliphatic rings. The average Bonchev–Trinajstić information content (AvgIpc) is 2.75. The highest BCUT2D eigenvalue weighted by Crippen LogP contribution is 2.19. The fraction of sp³-hybridized carbons (Fsp3) is 0.417. The predicted molar refractivity (Wildman–Crippen MR) is 118 cm³/mol. The molecule has 0 bridgehead atoms. The van der Waals surface area contributed by atoms with Gasteiger partial charge in [0.15, 0.2) is 6.54 Å². The maximum atomic E-state index is 12.6. The number of benzene rings is 2. The number of aryl methyl sites for hydroxylation is 3. The molecule has 0 aromatic heterocycles. The number of nitrogens with zero attached hydrogens (tertiary/aromatic N) is 1. The number of piperazine rings is 1. The van der Waals surface area contributed by atoms with E-state index in [-0.39, 0.29) is 11.8 Å². The van der Waals surface area contributed by atoms with Crippen molar-refractivity contribution in [2.45, 2.75) is 26.7 Å². The summed E-state index contributed by atoms with van der Waals surface area (Å²) in [6.07, 6.45) is 1.24. The van der Waals surface area contributed by atoms with Gasteiger partial charge in [-0.2, -0.15) is 0 Å². The summed E-state index contributed by atoms with van der Waals surface area (Å²) in [6.45, 7) is 7.45. The second-order valence-corrected chi connectivity index (χ2v) is 7.97. The topological polar surface area (TPSA) is 63.1 Å². The molecule has 1 aliphatic heterocycles. The van der Waals surface area contributed by atoms with Crippen LogP contribution in [0.25, 0.3) is 0 Å². The zero-order valence-corrected chi connectivity index (χ0v) is 18.2. The normalized spacial score (nSPS) is 14.4. The number of ether oxygens (including phenoxy) is 1. The summed E-state index contributed by atoms with van der Waals surface area (Å²) < 4.78 is 5.17. The first-order valence-corrected chi connectivity index (χ1v) is 10.6. The van der Waals surface area contributed by atoms with E-state index in [0.717, 1.165) is 47.6 Å². The largest absolute Gasteiger partial charge is 0.497 e. The minimum absolute atomic E-state index is 0.0293. The van der Waals surface area contributed by atoms with Crippen molar-refractivity contribution in [3.63, 3.8) is 0 Å². The van der Waals surface area contributed by atoms with Gasteiger partial charge in [0, 0.05) is 12.1 Å². The van der Waals surface area contributed by atoms with Gasteiger partial charge in [-0.25, -0.2) is 0 Å². The van der Waals surface area contributed by atoms with Crippen molar-refractivity contribution < 1.29 is 19.2 Å². The molecule has 1 fully saturated rings. The molecule has 0 saturated carbocycles. The number of anilines is 1. The molecular formula is C24H32N3O3+. The number of rotatable bonds is 7. The molecular weight excluding hydrogens is 378 g/mol. The fourth-order valence-electron chi connectivity index (χ4n) is 3.87. The fourth-order valence-corrected chi connectivity index (χ4v) is 3.87. The molecule has 1 saturated heterocycles. The first kappa shape index (κ1) is 21.8. The zero-order chi connectivity index (χ0) is 21.5. The summed E-state index contributed by atoms with van der Waals surface area (Å²) >= 11 is 0. The van der Waals surface area contributed by atoms with E-state index in [4.69, 9.17) is 4.74 Å². The first-order chi connectivity index (χ1) is 14.5. The molecule has 2 aromatic carbocycles. The standard InChI is InChI=1S/C24H31N3O3/c1-18-5-4-6-19(2)24(18)25-22(28)17-26-13-15-27(16-14-26)23(29)12-9-20-7-10-21(30-3)11-8-20/h4-8,10-11H,9,12-17H2,1-3H3,(H,25,28)/p+1. The number of carbonyl (C=O) groups excluding carboxylic acids is 2. The van der Waals surface area contributed by atoms with Crippen LogP contribution in [0.4, 0.5) is 5.69 Å². The van der Waals surface area contributed by atoms with Gasteiger partial charge in [0.25, 0.3) is 5.91 Å². The molecule has 2 amide bonds. The molecule has 0 aliphatic carbocycles. The Bertz CT molecular complexity index is 852. The average molecular weight is 411 g/mol. The monoisotopic (exact) mass is 410 g/mol. The Kier molecular flexibility index (Phi) is 7.46. The summed E-state index contributed by atoms with van der Waals surface area (Å²) in [5.41, 5.74) is 4.20. The van der Waals surface area contributed by atoms with Crippen molar-refractivity contribution in [1.29, 1.82) is 0 Å². The first-order valence-electron chi connectivity index (χ1n) is 10.6. The third-order valence-electron chi connectivity index (χ3n) is 5.77. The van der Waals surface area contributed by atoms with Crippen LogP contribution in [0.1, 0.15) is 23.1 Å². The van der Waals surface area contributed by atoms with E-state index in [1.807, 2.05) is 61.2 Å². The number of hydrogen-bond acceptors (Lipinski definition) is 3. The van der Waals surface area contributed by atoms with Crippen molar-refractivity contribution in [2.75, 3.05) is 45.2 Å². The van der Waals surface area contributed by atoms with Crippen LogP contribution >= 0.6 is 0 Å². The maximum Gasteiger partial charge on any atom is 0.279 e. The van der Waals surface area contributed by atoms with E-state index < -0.39 is 0 Å². The van der Waals surface area contributed by atoms with Crippen LogP contribution in [0.15, 0.2) is 42.5 Å². The van der Waals surface area contributed by atoms with E-state index in [9.17, 15) is 9.59 Å². The Morgan fingerprint density at radius 3 is 2.27 bits per heavy atom. The Labute approximate surface area is 178 Å². The molecule has 2 aromatic rings. The van der Waals surface area contributed by atoms with Gasteiger partial charge in [0.2, 0.25) is 5.91 Å². The van der Waals surface area contributed by atoms with Crippen LogP contribution in [0, 0.1) is 13.8 Å². The third-order valence-corrected chi connectivity index (χ3v) is 5.77. The summed E-state index contributed by atoms with van der Waals surface area (Å²) in [6, 6.07) is 13.9. The van der Waals surface area contributed by atoms with Crippen LogP contribution in [0.5, 0.6) is 5.75 Å². The lowest BCUT2D eigenvalue weighted by molar-refractivity contribution is -0.895. The molecule has 6 nitrogen and oxygen atoms in total. The quantitative estimate of drug-likeness (QED) is 0.729. The molecule has 0 unspecified atom stereocenters. The highest BCUT2D eigenvalue weighted by atomic mass is 16.5. The van der Waals surface area contributed by atoms with E-state index in [2.05, 4.69) is 5.32 Å². The van der Waals surface area contributed by atoms with Crippen LogP contribution < -0.4 is 15.0 Å². The van der Waals surface area contributed by atoms with Gasteiger partial charge in [0.1, 0.15) is 5.75 Å². The smallest absolute Gasteiger partial charge is 0.279 e. The van der Waals surface area contributed by atoms with Gasteiger partial charge >= 0.3 is 0 Å². The molecule has 6 heteroatoms. The minimum Gasteiger partial charge on any atom is -0.497 e. The number of para-hydroxylation sites is 1. The van der Waals surface area contributed by atoms with Crippen molar-refractivity contribution in [3.8, 4) is 5.75 Å². The molecule has 160 valence electrons. The molecule has 3 rings (SSSR count). The van der Waals surface area contributed by atoms with E-state index in [0.29, 0.717) is 26.1 Å². The number of amides is 2. The Morgan fingerprint density at radius 2 is 1.67 bits per heavy atom. The van der Waals surface area contributed by atoms with Gasteiger partial charge in [-0.05, 0) is 49.1 Å². The predicted octanol–water partition coefficient (Wildman–Crippen LogP) is 1.61. The van der Waals surface area contributed by atoms with Crippen molar-refractivity contribution in [2.24, 2.45) is 0 Å². The van der Waals surface area contributed by atoms with E-state index >= 15 is 0 Å². The van der Waals surface area contributed by atoms with Gasteiger partial charge in [0.05, 0.1) is 33.3 Å². The number of nitrogens with one attached hydrogen (secondary N) is 2. The SMILES string of the molecule is COc1ccc(CCC(=O)N2CC[NH+](CC(=O)Nc3c(C)cccc3C)CC2)cc1. The number of carbonyl (C=O) groups is 2. The van der Waals surface area contributed by atoms with E-state index in [1.54, 1.807) is 7.11 Å². The second-order valence-electron chi connectivity index (χ2n) is 7.97. The molecule has 0 radical (unpaired) electrons. The number of quaternary nitrogens is 1. The number of hydrogen-bond donors (Lipinski definition) is 2. The van der Waals surface area contributed by atoms with Crippen LogP contribution in [-0.4, -0.2) is 56.5 Å². The van der Waals surface area contributed by atoms with Gasteiger partial charge in [-0.1, -0.05) is 30.3 Å². The summed E-state index contributed by atoms with van der Waals surface area (Å²) in [5.74, 6) is 1.04. The summed E-state index contributed by atoms with van der Waals surface area (Å²) in [5, 5.41) is 3.06. The molecule has 30 heavy (non-hydrogen) atoms. The Morgan fingerprint density at radius 1 is 1.03 bits per heavy atom. The van der Waals surface area contributed by atoms with Crippen molar-refractivity contribution in [1.82, 2.24) is 4.90 Å². The highest BCUT2D eigenvalue weighted by Gasteiger charge is 2.25. The van der Waals surface area contributed by atoms with E-state index in [1.165, 1.54) is 4.90 Å². The molecule has 1 heterocycles. The molecule has 0 spiro atoms. The van der Waals surface area contributed by atoms with Gasteiger partial charge in [-0.15, -0.1) is 0 Å². The second kappa shape index (κ2) is 10.3. The van der Waals surface area contributed by atoms with Crippen molar-refractivity contribution >= 4 is 17.5 Å². The lowest BCUT2D eigenvalue weighted by Gasteiger charge is -2.32. The van der Waals surface area contributed by atoms with Crippen molar-refractivity contribution in [3.05, 3.63) is 59.2 Å². The number of methoxy groups -OCH3 is 1. The molecule has 0 atom stereocenters. The summed E-state index contributed by atoms with van der Waals surface area (Å²) in [7, 11) is 1.65. The van der Waals surface area contributed by atoms with Gasteiger partial charge < -0.3 is 19.9 Å². The Hall–Kier alpha value is -2.86. The molecule has 2 N–H and O–H groups in total. The van der Waals surface area contributed by atoms with Crippen LogP contribution in [0.2, 0.25) is 0 Å². The van der Waals surface area contributed by atoms with Gasteiger partial charge in [-0.3, -0.25) is 9.59 Å². The highest BCUT2D eigenvalue weighted by molar-refractivity contribution is 5.93. The third kappa shape index (κ3) is 5.83. The van der Waals surface area contributed by atoms with Crippen LogP contribution in [-0.2, 0) is 16.0 Å². The maximum absolute atomic E-state index is 12.6. The minimum atomic E-state index is 0.0293.